The molecule has 0 atom stereocenters. The van der Waals surface area contributed by atoms with E-state index in [1.54, 1.807) is 30.5 Å². The number of anilines is 1. The topological polar surface area (TPSA) is 77.5 Å². The third-order valence-electron chi connectivity index (χ3n) is 2.79. The quantitative estimate of drug-likeness (QED) is 0.871. The van der Waals surface area contributed by atoms with E-state index in [0.717, 1.165) is 0 Å². The summed E-state index contributed by atoms with van der Waals surface area (Å²) in [5.41, 5.74) is 1.23. The predicted molar refractivity (Wildman–Crippen MR) is 76.5 cm³/mol. The van der Waals surface area contributed by atoms with Gasteiger partial charge in [-0.15, -0.1) is 0 Å². The summed E-state index contributed by atoms with van der Waals surface area (Å²) in [4.78, 5) is 27.4. The highest BCUT2D eigenvalue weighted by Crippen LogP contribution is 2.26. The van der Waals surface area contributed by atoms with Crippen LogP contribution >= 0.6 is 0 Å². The molecular weight excluding hydrogens is 272 g/mol. The molecule has 1 amide bonds. The van der Waals surface area contributed by atoms with Crippen molar-refractivity contribution in [2.75, 3.05) is 19.5 Å². The normalized spacial score (nSPS) is 9.81. The Morgan fingerprint density at radius 3 is 2.57 bits per heavy atom. The molecule has 0 aliphatic rings. The first-order chi connectivity index (χ1) is 10.2. The maximum atomic E-state index is 12.1. The minimum absolute atomic E-state index is 0.313. The number of carbonyl (C=O) groups is 2. The van der Waals surface area contributed by atoms with Gasteiger partial charge < -0.3 is 14.8 Å². The molecular formula is C15H14N2O4. The van der Waals surface area contributed by atoms with Crippen molar-refractivity contribution in [2.24, 2.45) is 0 Å². The molecule has 6 heteroatoms. The van der Waals surface area contributed by atoms with Crippen molar-refractivity contribution in [3.63, 3.8) is 0 Å². The molecule has 2 rings (SSSR count). The SMILES string of the molecule is COC(=O)c1ccc(NC(=O)c2cccnc2)c(OC)c1. The molecule has 0 bridgehead atoms. The number of ether oxygens (including phenoxy) is 2. The van der Waals surface area contributed by atoms with Crippen LogP contribution in [0.1, 0.15) is 20.7 Å². The molecule has 0 aliphatic heterocycles. The van der Waals surface area contributed by atoms with Crippen molar-refractivity contribution in [1.29, 1.82) is 0 Å². The lowest BCUT2D eigenvalue weighted by molar-refractivity contribution is 0.0600. The van der Waals surface area contributed by atoms with Crippen LogP contribution < -0.4 is 10.1 Å². The number of carbonyl (C=O) groups excluding carboxylic acids is 2. The van der Waals surface area contributed by atoms with E-state index in [1.165, 1.54) is 26.5 Å². The number of nitrogens with zero attached hydrogens (tertiary/aromatic N) is 1. The van der Waals surface area contributed by atoms with Crippen molar-refractivity contribution in [3.8, 4) is 5.75 Å². The van der Waals surface area contributed by atoms with Gasteiger partial charge in [-0.05, 0) is 30.3 Å². The molecule has 1 aromatic heterocycles. The van der Waals surface area contributed by atoms with Crippen LogP contribution in [-0.2, 0) is 4.74 Å². The van der Waals surface area contributed by atoms with Gasteiger partial charge in [0.2, 0.25) is 0 Å². The molecule has 0 spiro atoms. The van der Waals surface area contributed by atoms with Crippen molar-refractivity contribution in [3.05, 3.63) is 53.9 Å². The summed E-state index contributed by atoms with van der Waals surface area (Å²) in [5, 5.41) is 2.71. The van der Waals surface area contributed by atoms with Crippen LogP contribution in [0.3, 0.4) is 0 Å². The molecule has 21 heavy (non-hydrogen) atoms. The summed E-state index contributed by atoms with van der Waals surface area (Å²) in [6, 6.07) is 7.96. The third-order valence-corrected chi connectivity index (χ3v) is 2.79. The van der Waals surface area contributed by atoms with E-state index >= 15 is 0 Å². The molecule has 6 nitrogen and oxygen atoms in total. The standard InChI is InChI=1S/C15H14N2O4/c1-20-13-8-10(15(19)21-2)5-6-12(13)17-14(18)11-4-3-7-16-9-11/h3-9H,1-2H3,(H,17,18). The van der Waals surface area contributed by atoms with E-state index in [0.29, 0.717) is 22.6 Å². The van der Waals surface area contributed by atoms with Crippen LogP contribution in [0, 0.1) is 0 Å². The highest BCUT2D eigenvalue weighted by Gasteiger charge is 2.13. The molecule has 1 heterocycles. The molecule has 0 unspecified atom stereocenters. The molecule has 0 radical (unpaired) electrons. The number of hydrogen-bond donors (Lipinski definition) is 1. The van der Waals surface area contributed by atoms with Gasteiger partial charge in [-0.2, -0.15) is 0 Å². The molecule has 108 valence electrons. The minimum atomic E-state index is -0.474. The maximum absolute atomic E-state index is 12.1. The Morgan fingerprint density at radius 2 is 1.95 bits per heavy atom. The van der Waals surface area contributed by atoms with E-state index < -0.39 is 5.97 Å². The van der Waals surface area contributed by atoms with Crippen LogP contribution in [0.2, 0.25) is 0 Å². The van der Waals surface area contributed by atoms with Gasteiger partial charge in [0.25, 0.3) is 5.91 Å². The zero-order chi connectivity index (χ0) is 15.2. The Morgan fingerprint density at radius 1 is 1.14 bits per heavy atom. The van der Waals surface area contributed by atoms with Gasteiger partial charge in [0, 0.05) is 12.4 Å². The first-order valence-electron chi connectivity index (χ1n) is 6.13. The first kappa shape index (κ1) is 14.5. The lowest BCUT2D eigenvalue weighted by Gasteiger charge is -2.11. The molecule has 1 aromatic carbocycles. The van der Waals surface area contributed by atoms with Gasteiger partial charge in [-0.25, -0.2) is 4.79 Å². The van der Waals surface area contributed by atoms with Gasteiger partial charge in [0.05, 0.1) is 31.0 Å². The van der Waals surface area contributed by atoms with Gasteiger partial charge in [0.15, 0.2) is 0 Å². The van der Waals surface area contributed by atoms with E-state index in [4.69, 9.17) is 4.74 Å². The van der Waals surface area contributed by atoms with Crippen LogP contribution in [-0.4, -0.2) is 31.1 Å². The second-order valence-electron chi connectivity index (χ2n) is 4.10. The van der Waals surface area contributed by atoms with Crippen LogP contribution in [0.5, 0.6) is 5.75 Å². The second-order valence-corrected chi connectivity index (χ2v) is 4.10. The molecule has 0 saturated carbocycles. The highest BCUT2D eigenvalue weighted by molar-refractivity contribution is 6.05. The lowest BCUT2D eigenvalue weighted by atomic mass is 10.1. The van der Waals surface area contributed by atoms with Crippen LogP contribution in [0.4, 0.5) is 5.69 Å². The Kier molecular flexibility index (Phi) is 4.50. The lowest BCUT2D eigenvalue weighted by Crippen LogP contribution is -2.13. The Bertz CT molecular complexity index is 656. The summed E-state index contributed by atoms with van der Waals surface area (Å²) in [5.74, 6) is -0.416. The fourth-order valence-electron chi connectivity index (χ4n) is 1.73. The van der Waals surface area contributed by atoms with E-state index in [-0.39, 0.29) is 5.91 Å². The molecule has 2 aromatic rings. The second kappa shape index (κ2) is 6.51. The Balaban J connectivity index is 2.24. The zero-order valence-corrected chi connectivity index (χ0v) is 11.6. The van der Waals surface area contributed by atoms with Gasteiger partial charge in [0.1, 0.15) is 5.75 Å². The third kappa shape index (κ3) is 3.36. The zero-order valence-electron chi connectivity index (χ0n) is 11.6. The number of pyridine rings is 1. The number of amides is 1. The number of nitrogens with one attached hydrogen (secondary N) is 1. The van der Waals surface area contributed by atoms with Gasteiger partial charge in [-0.3, -0.25) is 9.78 Å². The number of rotatable bonds is 4. The summed E-state index contributed by atoms with van der Waals surface area (Å²) >= 11 is 0. The largest absolute Gasteiger partial charge is 0.495 e. The average Bonchev–Trinajstić information content (AvgIpc) is 2.55. The predicted octanol–water partition coefficient (Wildman–Crippen LogP) is 2.13. The van der Waals surface area contributed by atoms with Crippen molar-refractivity contribution in [2.45, 2.75) is 0 Å². The van der Waals surface area contributed by atoms with Crippen LogP contribution in [0.15, 0.2) is 42.7 Å². The summed E-state index contributed by atoms with van der Waals surface area (Å²) in [6.07, 6.45) is 3.05. The number of aromatic nitrogens is 1. The van der Waals surface area contributed by atoms with Crippen molar-refractivity contribution < 1.29 is 19.1 Å². The van der Waals surface area contributed by atoms with Gasteiger partial charge in [-0.1, -0.05) is 0 Å². The average molecular weight is 286 g/mol. The number of hydrogen-bond acceptors (Lipinski definition) is 5. The number of benzene rings is 1. The first-order valence-corrected chi connectivity index (χ1v) is 6.13. The highest BCUT2D eigenvalue weighted by atomic mass is 16.5. The maximum Gasteiger partial charge on any atom is 0.337 e. The summed E-state index contributed by atoms with van der Waals surface area (Å²) < 4.78 is 9.82. The van der Waals surface area contributed by atoms with E-state index in [2.05, 4.69) is 15.0 Å². The monoisotopic (exact) mass is 286 g/mol. The fraction of sp³-hybridized carbons (Fsp3) is 0.133. The molecule has 0 fully saturated rings. The summed E-state index contributed by atoms with van der Waals surface area (Å²) in [7, 11) is 2.75. The molecule has 1 N–H and O–H groups in total. The smallest absolute Gasteiger partial charge is 0.337 e. The number of esters is 1. The fourth-order valence-corrected chi connectivity index (χ4v) is 1.73. The molecule has 0 saturated heterocycles. The Hall–Kier alpha value is -2.89. The minimum Gasteiger partial charge on any atom is -0.495 e. The van der Waals surface area contributed by atoms with Crippen LogP contribution in [0.25, 0.3) is 0 Å². The van der Waals surface area contributed by atoms with Crippen molar-refractivity contribution >= 4 is 17.6 Å². The van der Waals surface area contributed by atoms with Gasteiger partial charge >= 0.3 is 5.97 Å². The number of methoxy groups -OCH3 is 2. The van der Waals surface area contributed by atoms with E-state index in [1.807, 2.05) is 0 Å². The van der Waals surface area contributed by atoms with Crippen molar-refractivity contribution in [1.82, 2.24) is 4.98 Å². The summed E-state index contributed by atoms with van der Waals surface area (Å²) in [6.45, 7) is 0. The Labute approximate surface area is 121 Å². The van der Waals surface area contributed by atoms with E-state index in [9.17, 15) is 9.59 Å². The molecule has 0 aliphatic carbocycles.